The maximum absolute atomic E-state index is 11.9. The molecule has 0 aliphatic carbocycles. The number of amides is 1. The van der Waals surface area contributed by atoms with Gasteiger partial charge < -0.3 is 10.3 Å². The second-order valence-electron chi connectivity index (χ2n) is 4.38. The van der Waals surface area contributed by atoms with Crippen LogP contribution in [0.4, 0.5) is 5.69 Å². The molecule has 0 bridgehead atoms. The smallest absolute Gasteiger partial charge is 0.234 e. The maximum Gasteiger partial charge on any atom is 0.234 e. The van der Waals surface area contributed by atoms with Crippen molar-refractivity contribution in [3.8, 4) is 0 Å². The molecule has 4 nitrogen and oxygen atoms in total. The zero-order chi connectivity index (χ0) is 14.7. The van der Waals surface area contributed by atoms with Crippen molar-refractivity contribution in [1.29, 1.82) is 0 Å². The molecule has 3 aromatic rings. The van der Waals surface area contributed by atoms with E-state index >= 15 is 0 Å². The van der Waals surface area contributed by atoms with Crippen LogP contribution in [0.5, 0.6) is 0 Å². The van der Waals surface area contributed by atoms with E-state index in [1.807, 2.05) is 36.4 Å². The molecule has 0 aliphatic rings. The molecular weight excluding hydrogens is 306 g/mol. The third-order valence-corrected chi connectivity index (χ3v) is 4.06. The van der Waals surface area contributed by atoms with Gasteiger partial charge in [0.2, 0.25) is 5.91 Å². The Hall–Kier alpha value is -1.98. The first-order valence-electron chi connectivity index (χ1n) is 6.34. The molecule has 0 saturated carbocycles. The summed E-state index contributed by atoms with van der Waals surface area (Å²) in [6.45, 7) is 0. The molecule has 6 heteroatoms. The molecule has 2 aromatic carbocycles. The number of carbonyl (C=O) groups is 1. The van der Waals surface area contributed by atoms with Crippen LogP contribution in [0.25, 0.3) is 11.0 Å². The number of nitrogens with one attached hydrogen (secondary N) is 2. The van der Waals surface area contributed by atoms with Gasteiger partial charge in [0.25, 0.3) is 0 Å². The fourth-order valence-corrected chi connectivity index (χ4v) is 2.75. The number of hydrogen-bond acceptors (Lipinski definition) is 3. The highest BCUT2D eigenvalue weighted by Crippen LogP contribution is 2.22. The second-order valence-corrected chi connectivity index (χ2v) is 5.75. The number of benzene rings is 2. The quantitative estimate of drug-likeness (QED) is 0.716. The lowest BCUT2D eigenvalue weighted by Gasteiger charge is -2.05. The molecule has 0 fully saturated rings. The van der Waals surface area contributed by atoms with Crippen molar-refractivity contribution in [1.82, 2.24) is 9.97 Å². The maximum atomic E-state index is 11.9. The number of imidazole rings is 1. The number of fused-ring (bicyclic) bond motifs is 1. The molecule has 0 saturated heterocycles. The minimum Gasteiger partial charge on any atom is -0.333 e. The number of carbonyl (C=O) groups excluding carboxylic acids is 1. The number of para-hydroxylation sites is 3. The zero-order valence-electron chi connectivity index (χ0n) is 11.0. The third kappa shape index (κ3) is 3.37. The van der Waals surface area contributed by atoms with Crippen LogP contribution < -0.4 is 5.32 Å². The van der Waals surface area contributed by atoms with E-state index in [1.165, 1.54) is 11.8 Å². The minimum atomic E-state index is -0.117. The molecule has 1 heterocycles. The largest absolute Gasteiger partial charge is 0.333 e. The second kappa shape index (κ2) is 6.20. The van der Waals surface area contributed by atoms with E-state index in [4.69, 9.17) is 11.6 Å². The van der Waals surface area contributed by atoms with Crippen LogP contribution in [0.3, 0.4) is 0 Å². The van der Waals surface area contributed by atoms with E-state index in [0.717, 1.165) is 16.2 Å². The first-order valence-corrected chi connectivity index (χ1v) is 7.70. The summed E-state index contributed by atoms with van der Waals surface area (Å²) in [7, 11) is 0. The SMILES string of the molecule is O=C(CSc1nc2ccccc2[nH]1)Nc1ccccc1Cl. The Morgan fingerprint density at radius 1 is 1.19 bits per heavy atom. The lowest BCUT2D eigenvalue weighted by molar-refractivity contribution is -0.113. The van der Waals surface area contributed by atoms with Crippen molar-refractivity contribution >= 4 is 46.0 Å². The molecule has 1 amide bonds. The third-order valence-electron chi connectivity index (χ3n) is 2.86. The van der Waals surface area contributed by atoms with Gasteiger partial charge in [-0.05, 0) is 24.3 Å². The molecule has 0 radical (unpaired) electrons. The van der Waals surface area contributed by atoms with Crippen LogP contribution in [0.1, 0.15) is 0 Å². The van der Waals surface area contributed by atoms with Crippen molar-refractivity contribution in [2.75, 3.05) is 11.1 Å². The standard InChI is InChI=1S/C15H12ClN3OS/c16-10-5-1-2-6-11(10)17-14(20)9-21-15-18-12-7-3-4-8-13(12)19-15/h1-8H,9H2,(H,17,20)(H,18,19). The van der Waals surface area contributed by atoms with Gasteiger partial charge in [0.05, 0.1) is 27.5 Å². The highest BCUT2D eigenvalue weighted by molar-refractivity contribution is 7.99. The number of H-pyrrole nitrogens is 1. The number of aromatic amines is 1. The molecule has 106 valence electrons. The topological polar surface area (TPSA) is 57.8 Å². The van der Waals surface area contributed by atoms with Gasteiger partial charge in [0.1, 0.15) is 0 Å². The first-order chi connectivity index (χ1) is 10.2. The van der Waals surface area contributed by atoms with Crippen molar-refractivity contribution in [2.24, 2.45) is 0 Å². The lowest BCUT2D eigenvalue weighted by Crippen LogP contribution is -2.14. The Bertz CT molecular complexity index is 754. The van der Waals surface area contributed by atoms with Crippen molar-refractivity contribution < 1.29 is 4.79 Å². The van der Waals surface area contributed by atoms with Gasteiger partial charge in [0, 0.05) is 0 Å². The first kappa shape index (κ1) is 14.0. The van der Waals surface area contributed by atoms with Crippen LogP contribution in [0.15, 0.2) is 53.7 Å². The normalized spacial score (nSPS) is 10.7. The Morgan fingerprint density at radius 2 is 1.95 bits per heavy atom. The summed E-state index contributed by atoms with van der Waals surface area (Å²) < 4.78 is 0. The predicted octanol–water partition coefficient (Wildman–Crippen LogP) is 3.95. The van der Waals surface area contributed by atoms with Gasteiger partial charge in [-0.15, -0.1) is 0 Å². The Labute approximate surface area is 130 Å². The molecule has 1 aromatic heterocycles. The molecule has 0 unspecified atom stereocenters. The van der Waals surface area contributed by atoms with E-state index in [1.54, 1.807) is 12.1 Å². The summed E-state index contributed by atoms with van der Waals surface area (Å²) in [6.07, 6.45) is 0. The fourth-order valence-electron chi connectivity index (χ4n) is 1.88. The van der Waals surface area contributed by atoms with E-state index in [9.17, 15) is 4.79 Å². The monoisotopic (exact) mass is 317 g/mol. The molecule has 2 N–H and O–H groups in total. The Kier molecular flexibility index (Phi) is 4.13. The van der Waals surface area contributed by atoms with E-state index < -0.39 is 0 Å². The van der Waals surface area contributed by atoms with Gasteiger partial charge in [0.15, 0.2) is 5.16 Å². The number of halogens is 1. The van der Waals surface area contributed by atoms with Crippen molar-refractivity contribution in [3.63, 3.8) is 0 Å². The number of anilines is 1. The molecular formula is C15H12ClN3OS. The number of nitrogens with zero attached hydrogens (tertiary/aromatic N) is 1. The summed E-state index contributed by atoms with van der Waals surface area (Å²) in [4.78, 5) is 19.5. The summed E-state index contributed by atoms with van der Waals surface area (Å²) in [6, 6.07) is 14.9. The van der Waals surface area contributed by atoms with Crippen LogP contribution >= 0.6 is 23.4 Å². The van der Waals surface area contributed by atoms with E-state index in [2.05, 4.69) is 15.3 Å². The summed E-state index contributed by atoms with van der Waals surface area (Å²) in [5.74, 6) is 0.152. The zero-order valence-corrected chi connectivity index (χ0v) is 12.5. The summed E-state index contributed by atoms with van der Waals surface area (Å²) in [5.41, 5.74) is 2.48. The van der Waals surface area contributed by atoms with Gasteiger partial charge >= 0.3 is 0 Å². The van der Waals surface area contributed by atoms with Crippen LogP contribution in [0.2, 0.25) is 5.02 Å². The molecule has 0 atom stereocenters. The number of aromatic nitrogens is 2. The minimum absolute atomic E-state index is 0.117. The Balaban J connectivity index is 1.62. The average molecular weight is 318 g/mol. The van der Waals surface area contributed by atoms with Crippen LogP contribution in [-0.2, 0) is 4.79 Å². The number of hydrogen-bond donors (Lipinski definition) is 2. The molecule has 21 heavy (non-hydrogen) atoms. The molecule has 0 aliphatic heterocycles. The van der Waals surface area contributed by atoms with Gasteiger partial charge in [-0.25, -0.2) is 4.98 Å². The van der Waals surface area contributed by atoms with Gasteiger partial charge in [-0.3, -0.25) is 4.79 Å². The lowest BCUT2D eigenvalue weighted by atomic mass is 10.3. The van der Waals surface area contributed by atoms with Crippen molar-refractivity contribution in [3.05, 3.63) is 53.6 Å². The molecule has 3 rings (SSSR count). The van der Waals surface area contributed by atoms with E-state index in [0.29, 0.717) is 10.7 Å². The summed E-state index contributed by atoms with van der Waals surface area (Å²) in [5, 5.41) is 4.04. The average Bonchev–Trinajstić information content (AvgIpc) is 2.90. The number of thioether (sulfide) groups is 1. The van der Waals surface area contributed by atoms with Gasteiger partial charge in [-0.1, -0.05) is 47.6 Å². The predicted molar refractivity (Wildman–Crippen MR) is 86.9 cm³/mol. The van der Waals surface area contributed by atoms with Crippen molar-refractivity contribution in [2.45, 2.75) is 5.16 Å². The highest BCUT2D eigenvalue weighted by atomic mass is 35.5. The van der Waals surface area contributed by atoms with Crippen LogP contribution in [-0.4, -0.2) is 21.6 Å². The summed E-state index contributed by atoms with van der Waals surface area (Å²) >= 11 is 7.36. The highest BCUT2D eigenvalue weighted by Gasteiger charge is 2.08. The molecule has 0 spiro atoms. The fraction of sp³-hybridized carbons (Fsp3) is 0.0667. The van der Waals surface area contributed by atoms with Gasteiger partial charge in [-0.2, -0.15) is 0 Å². The number of rotatable bonds is 4. The van der Waals surface area contributed by atoms with E-state index in [-0.39, 0.29) is 11.7 Å². The Morgan fingerprint density at radius 3 is 2.76 bits per heavy atom. The van der Waals surface area contributed by atoms with Crippen LogP contribution in [0, 0.1) is 0 Å².